The van der Waals surface area contributed by atoms with Crippen molar-refractivity contribution in [1.29, 1.82) is 0 Å². The normalized spacial score (nSPS) is 12.1. The summed E-state index contributed by atoms with van der Waals surface area (Å²) >= 11 is 0. The Balaban J connectivity index is 0.000000292. The van der Waals surface area contributed by atoms with E-state index >= 15 is 0 Å². The quantitative estimate of drug-likeness (QED) is 0.467. The van der Waals surface area contributed by atoms with E-state index in [2.05, 4.69) is 5.32 Å². The summed E-state index contributed by atoms with van der Waals surface area (Å²) in [6, 6.07) is 14.2. The van der Waals surface area contributed by atoms with E-state index in [4.69, 9.17) is 21.7 Å². The van der Waals surface area contributed by atoms with E-state index in [0.29, 0.717) is 6.42 Å². The van der Waals surface area contributed by atoms with Gasteiger partial charge in [0.2, 0.25) is 11.8 Å². The Morgan fingerprint density at radius 2 is 1.50 bits per heavy atom. The van der Waals surface area contributed by atoms with Gasteiger partial charge in [0, 0.05) is 13.3 Å². The number of phenols is 1. The number of hydrogen-bond acceptors (Lipinski definition) is 5. The highest BCUT2D eigenvalue weighted by Gasteiger charge is 2.18. The van der Waals surface area contributed by atoms with Gasteiger partial charge in [-0.25, -0.2) is 4.79 Å². The number of carbonyl (C=O) groups excluding carboxylic acids is 2. The molecule has 2 rings (SSSR count). The second-order valence-corrected chi connectivity index (χ2v) is 6.16. The third-order valence-electron chi connectivity index (χ3n) is 3.72. The molecular formula is C20H25N3O5. The number of amides is 2. The summed E-state index contributed by atoms with van der Waals surface area (Å²) in [4.78, 5) is 32.2. The van der Waals surface area contributed by atoms with E-state index < -0.39 is 24.0 Å². The van der Waals surface area contributed by atoms with Crippen molar-refractivity contribution in [2.75, 3.05) is 0 Å². The molecule has 2 aromatic carbocycles. The van der Waals surface area contributed by atoms with Gasteiger partial charge in [0.1, 0.15) is 11.8 Å². The standard InChI is InChI=1S/C11H13NO4.C9H12N2O/c1-7(13)12-10(11(15)16)6-8-2-4-9(14)5-3-8;10-8(9(11)12)6-7-4-2-1-3-5-7/h2-5,10,14H,6H2,1H3,(H,12,13)(H,15,16);1-5,8H,6,10H2,(H2,11,12)/t10-;8-/m00/s1. The molecular weight excluding hydrogens is 362 g/mol. The van der Waals surface area contributed by atoms with Gasteiger partial charge in [-0.3, -0.25) is 9.59 Å². The second-order valence-electron chi connectivity index (χ2n) is 6.16. The molecule has 0 aromatic heterocycles. The second kappa shape index (κ2) is 11.3. The van der Waals surface area contributed by atoms with Gasteiger partial charge in [-0.2, -0.15) is 0 Å². The summed E-state index contributed by atoms with van der Waals surface area (Å²) in [5.74, 6) is -1.80. The van der Waals surface area contributed by atoms with Crippen molar-refractivity contribution in [2.45, 2.75) is 31.8 Å². The van der Waals surface area contributed by atoms with Gasteiger partial charge in [-0.05, 0) is 29.7 Å². The molecule has 0 aliphatic heterocycles. The minimum absolute atomic E-state index is 0.121. The van der Waals surface area contributed by atoms with Crippen LogP contribution in [0.25, 0.3) is 0 Å². The number of aromatic hydroxyl groups is 1. The van der Waals surface area contributed by atoms with Crippen LogP contribution in [0.15, 0.2) is 54.6 Å². The van der Waals surface area contributed by atoms with Gasteiger partial charge in [-0.1, -0.05) is 42.5 Å². The zero-order valence-electron chi connectivity index (χ0n) is 15.5. The van der Waals surface area contributed by atoms with Gasteiger partial charge >= 0.3 is 5.97 Å². The van der Waals surface area contributed by atoms with Crippen LogP contribution >= 0.6 is 0 Å². The third kappa shape index (κ3) is 8.81. The lowest BCUT2D eigenvalue weighted by atomic mass is 10.1. The first-order chi connectivity index (χ1) is 13.2. The molecule has 2 atom stereocenters. The van der Waals surface area contributed by atoms with Gasteiger partial charge < -0.3 is 27.0 Å². The molecule has 2 amide bonds. The van der Waals surface area contributed by atoms with Crippen molar-refractivity contribution in [2.24, 2.45) is 11.5 Å². The number of hydrogen-bond donors (Lipinski definition) is 5. The molecule has 28 heavy (non-hydrogen) atoms. The van der Waals surface area contributed by atoms with E-state index in [1.165, 1.54) is 19.1 Å². The molecule has 0 spiro atoms. The molecule has 0 aliphatic carbocycles. The topological polar surface area (TPSA) is 156 Å². The van der Waals surface area contributed by atoms with Crippen molar-refractivity contribution >= 4 is 17.8 Å². The number of carboxylic acids is 1. The summed E-state index contributed by atoms with van der Waals surface area (Å²) < 4.78 is 0. The van der Waals surface area contributed by atoms with Crippen LogP contribution in [0.5, 0.6) is 5.75 Å². The number of carbonyl (C=O) groups is 3. The Hall–Kier alpha value is -3.39. The van der Waals surface area contributed by atoms with Gasteiger partial charge in [0.05, 0.1) is 6.04 Å². The Morgan fingerprint density at radius 3 is 1.96 bits per heavy atom. The maximum atomic E-state index is 10.8. The van der Waals surface area contributed by atoms with Crippen molar-refractivity contribution in [3.8, 4) is 5.75 Å². The smallest absolute Gasteiger partial charge is 0.326 e. The van der Waals surface area contributed by atoms with Crippen LogP contribution in [0.2, 0.25) is 0 Å². The minimum Gasteiger partial charge on any atom is -0.508 e. The monoisotopic (exact) mass is 387 g/mol. The van der Waals surface area contributed by atoms with Crippen LogP contribution in [-0.2, 0) is 27.2 Å². The predicted octanol–water partition coefficient (Wildman–Crippen LogP) is 0.566. The molecule has 0 unspecified atom stereocenters. The number of carboxylic acid groups (broad SMARTS) is 1. The van der Waals surface area contributed by atoms with Crippen LogP contribution < -0.4 is 16.8 Å². The lowest BCUT2D eigenvalue weighted by Crippen LogP contribution is -2.41. The third-order valence-corrected chi connectivity index (χ3v) is 3.72. The summed E-state index contributed by atoms with van der Waals surface area (Å²) in [5, 5.41) is 20.3. The van der Waals surface area contributed by atoms with E-state index in [9.17, 15) is 14.4 Å². The number of primary amides is 1. The van der Waals surface area contributed by atoms with Crippen LogP contribution in [0.3, 0.4) is 0 Å². The highest BCUT2D eigenvalue weighted by molar-refractivity contribution is 5.82. The predicted molar refractivity (Wildman–Crippen MR) is 104 cm³/mol. The van der Waals surface area contributed by atoms with Crippen molar-refractivity contribution in [3.63, 3.8) is 0 Å². The fraction of sp³-hybridized carbons (Fsp3) is 0.250. The number of rotatable bonds is 7. The molecule has 7 N–H and O–H groups in total. The Labute approximate surface area is 163 Å². The molecule has 0 heterocycles. The lowest BCUT2D eigenvalue weighted by Gasteiger charge is -2.13. The molecule has 8 heteroatoms. The van der Waals surface area contributed by atoms with Crippen molar-refractivity contribution in [3.05, 3.63) is 65.7 Å². The lowest BCUT2D eigenvalue weighted by molar-refractivity contribution is -0.141. The van der Waals surface area contributed by atoms with Crippen LogP contribution in [-0.4, -0.2) is 40.1 Å². The fourth-order valence-electron chi connectivity index (χ4n) is 2.28. The Kier molecular flexibility index (Phi) is 9.18. The molecule has 0 bridgehead atoms. The van der Waals surface area contributed by atoms with Gasteiger partial charge in [0.25, 0.3) is 0 Å². The minimum atomic E-state index is -1.08. The molecule has 2 aromatic rings. The highest BCUT2D eigenvalue weighted by atomic mass is 16.4. The zero-order chi connectivity index (χ0) is 21.1. The first kappa shape index (κ1) is 22.7. The maximum Gasteiger partial charge on any atom is 0.326 e. The molecule has 0 radical (unpaired) electrons. The Bertz CT molecular complexity index is 778. The van der Waals surface area contributed by atoms with Gasteiger partial charge in [0.15, 0.2) is 0 Å². The molecule has 0 saturated heterocycles. The molecule has 150 valence electrons. The average Bonchev–Trinajstić information content (AvgIpc) is 2.64. The zero-order valence-corrected chi connectivity index (χ0v) is 15.5. The Morgan fingerprint density at radius 1 is 0.964 bits per heavy atom. The average molecular weight is 387 g/mol. The summed E-state index contributed by atoms with van der Waals surface area (Å²) in [6.45, 7) is 1.27. The van der Waals surface area contributed by atoms with Crippen LogP contribution in [0.4, 0.5) is 0 Å². The molecule has 8 nitrogen and oxygen atoms in total. The number of nitrogens with one attached hydrogen (secondary N) is 1. The van der Waals surface area contributed by atoms with E-state index in [0.717, 1.165) is 11.1 Å². The van der Waals surface area contributed by atoms with Crippen molar-refractivity contribution < 1.29 is 24.6 Å². The van der Waals surface area contributed by atoms with Crippen LogP contribution in [0.1, 0.15) is 18.1 Å². The molecule has 0 aliphatic rings. The van der Waals surface area contributed by atoms with E-state index in [1.54, 1.807) is 12.1 Å². The molecule has 0 fully saturated rings. The SMILES string of the molecule is CC(=O)N[C@@H](Cc1ccc(O)cc1)C(=O)O.NC(=O)[C@@H](N)Cc1ccccc1. The number of phenolic OH excluding ortho intramolecular Hbond substituents is 1. The maximum absolute atomic E-state index is 10.8. The number of benzene rings is 2. The van der Waals surface area contributed by atoms with Crippen LogP contribution in [0, 0.1) is 0 Å². The summed E-state index contributed by atoms with van der Waals surface area (Å²) in [6.07, 6.45) is 0.700. The first-order valence-corrected chi connectivity index (χ1v) is 8.55. The van der Waals surface area contributed by atoms with Gasteiger partial charge in [-0.15, -0.1) is 0 Å². The number of nitrogens with two attached hydrogens (primary N) is 2. The highest BCUT2D eigenvalue weighted by Crippen LogP contribution is 2.11. The van der Waals surface area contributed by atoms with E-state index in [1.807, 2.05) is 30.3 Å². The first-order valence-electron chi connectivity index (χ1n) is 8.55. The molecule has 0 saturated carbocycles. The number of aliphatic carboxylic acids is 1. The van der Waals surface area contributed by atoms with E-state index in [-0.39, 0.29) is 18.1 Å². The fourth-order valence-corrected chi connectivity index (χ4v) is 2.28. The summed E-state index contributed by atoms with van der Waals surface area (Å²) in [5.41, 5.74) is 12.3. The van der Waals surface area contributed by atoms with Crippen molar-refractivity contribution in [1.82, 2.24) is 5.32 Å². The summed E-state index contributed by atoms with van der Waals surface area (Å²) in [7, 11) is 0. The largest absolute Gasteiger partial charge is 0.508 e.